The Hall–Kier alpha value is -0.521. The normalized spacial score (nSPS) is 16.7. The van der Waals surface area contributed by atoms with Crippen LogP contribution in [0, 0.1) is 0 Å². The predicted octanol–water partition coefficient (Wildman–Crippen LogP) is 1.96. The summed E-state index contributed by atoms with van der Waals surface area (Å²) >= 11 is 1.31. The molecule has 0 spiro atoms. The molecule has 1 saturated carbocycles. The molecule has 0 saturated heterocycles. The van der Waals surface area contributed by atoms with Gasteiger partial charge < -0.3 is 0 Å². The van der Waals surface area contributed by atoms with Crippen molar-refractivity contribution in [2.45, 2.75) is 16.1 Å². The van der Waals surface area contributed by atoms with Crippen molar-refractivity contribution in [3.05, 3.63) is 60.7 Å². The third kappa shape index (κ3) is 3.03. The van der Waals surface area contributed by atoms with Gasteiger partial charge in [-0.05, 0) is 0 Å². The first-order valence-electron chi connectivity index (χ1n) is 5.84. The van der Waals surface area contributed by atoms with Crippen molar-refractivity contribution in [3.8, 4) is 0 Å². The van der Waals surface area contributed by atoms with Gasteiger partial charge in [-0.1, -0.05) is 0 Å². The van der Waals surface area contributed by atoms with Crippen molar-refractivity contribution < 1.29 is 0 Å². The maximum absolute atomic E-state index is 2.29. The Bertz CT molecular complexity index is 431. The van der Waals surface area contributed by atoms with Crippen LogP contribution in [0.25, 0.3) is 0 Å². The van der Waals surface area contributed by atoms with Gasteiger partial charge in [0, 0.05) is 0 Å². The molecule has 0 nitrogen and oxygen atoms in total. The van der Waals surface area contributed by atoms with Crippen LogP contribution >= 0.6 is 0 Å². The van der Waals surface area contributed by atoms with E-state index >= 15 is 0 Å². The maximum atomic E-state index is 2.29. The second kappa shape index (κ2) is 5.00. The first kappa shape index (κ1) is 11.6. The summed E-state index contributed by atoms with van der Waals surface area (Å²) in [6.07, 6.45) is 2.88. The minimum atomic E-state index is 0.657. The van der Waals surface area contributed by atoms with E-state index < -0.39 is 0 Å². The van der Waals surface area contributed by atoms with E-state index in [1.165, 1.54) is 12.8 Å². The average Bonchev–Trinajstić information content (AvgIpc) is 3.11. The number of hydrogen-bond acceptors (Lipinski definition) is 0. The van der Waals surface area contributed by atoms with Crippen LogP contribution in [0.4, 0.5) is 0 Å². The third-order valence-electron chi connectivity index (χ3n) is 2.75. The van der Waals surface area contributed by atoms with Crippen LogP contribution in [0.3, 0.4) is 0 Å². The van der Waals surface area contributed by atoms with Gasteiger partial charge in [-0.3, -0.25) is 0 Å². The van der Waals surface area contributed by atoms with E-state index in [9.17, 15) is 0 Å². The fraction of sp³-hybridized carbons (Fsp3) is 0.200. The second-order valence-corrected chi connectivity index (χ2v) is 11.7. The quantitative estimate of drug-likeness (QED) is 0.738. The Morgan fingerprint density at radius 2 is 1.06 bits per heavy atom. The number of rotatable bonds is 4. The molecule has 0 aromatic heterocycles. The van der Waals surface area contributed by atoms with Gasteiger partial charge >= 0.3 is 116 Å². The van der Waals surface area contributed by atoms with Gasteiger partial charge in [-0.2, -0.15) is 0 Å². The Kier molecular flexibility index (Phi) is 3.40. The molecule has 1 aliphatic rings. The van der Waals surface area contributed by atoms with E-state index in [1.54, 1.807) is 8.92 Å². The summed E-state index contributed by atoms with van der Waals surface area (Å²) in [6, 6.07) is 22.1. The van der Waals surface area contributed by atoms with E-state index in [4.69, 9.17) is 0 Å². The molecule has 0 heterocycles. The van der Waals surface area contributed by atoms with Crippen molar-refractivity contribution in [1.82, 2.24) is 0 Å². The molecule has 0 N–H and O–H groups in total. The fourth-order valence-electron chi connectivity index (χ4n) is 1.73. The van der Waals surface area contributed by atoms with Crippen LogP contribution in [0.15, 0.2) is 60.7 Å². The zero-order chi connectivity index (χ0) is 11.6. The molecule has 0 amide bonds. The topological polar surface area (TPSA) is 0 Å². The molecule has 2 aromatic rings. The molecule has 0 atom stereocenters. The number of hydrogen-bond donors (Lipinski definition) is 0. The van der Waals surface area contributed by atoms with E-state index in [0.717, 1.165) is 0 Å². The van der Waals surface area contributed by atoms with Gasteiger partial charge in [-0.15, -0.1) is 0 Å². The molecule has 2 aromatic carbocycles. The van der Waals surface area contributed by atoms with E-state index in [1.807, 2.05) is 0 Å². The Labute approximate surface area is 115 Å². The molecule has 17 heavy (non-hydrogen) atoms. The first-order chi connectivity index (χ1) is 8.36. The monoisotopic (exact) mass is 354 g/mol. The summed E-state index contributed by atoms with van der Waals surface area (Å²) in [5.74, 6) is 0. The molecular weight excluding hydrogens is 338 g/mol. The second-order valence-electron chi connectivity index (χ2n) is 4.24. The standard InChI is InChI=1S/C15H14Se2/c1-3-7-13(8-4-1)16-15(11-12-15)17-14-9-5-2-6-10-14/h1-10H,11-12H2. The molecule has 2 heteroatoms. The predicted molar refractivity (Wildman–Crippen MR) is 75.6 cm³/mol. The Morgan fingerprint density at radius 1 is 0.647 bits per heavy atom. The zero-order valence-corrected chi connectivity index (χ0v) is 12.9. The molecular formula is C15H14Se2. The molecule has 3 rings (SSSR count). The zero-order valence-electron chi connectivity index (χ0n) is 9.50. The SMILES string of the molecule is c1ccc([Se]C2([Se]c3ccccc3)CC2)cc1. The minimum absolute atomic E-state index is 0.657. The fourth-order valence-corrected chi connectivity index (χ4v) is 8.69. The van der Waals surface area contributed by atoms with E-state index in [-0.39, 0.29) is 0 Å². The van der Waals surface area contributed by atoms with Crippen molar-refractivity contribution in [3.63, 3.8) is 0 Å². The number of benzene rings is 2. The van der Waals surface area contributed by atoms with E-state index in [2.05, 4.69) is 60.7 Å². The van der Waals surface area contributed by atoms with Gasteiger partial charge in [0.1, 0.15) is 0 Å². The summed E-state index contributed by atoms with van der Waals surface area (Å²) in [7, 11) is 0. The average molecular weight is 352 g/mol. The van der Waals surface area contributed by atoms with Gasteiger partial charge in [0.15, 0.2) is 0 Å². The van der Waals surface area contributed by atoms with Crippen molar-refractivity contribution in [2.75, 3.05) is 0 Å². The van der Waals surface area contributed by atoms with E-state index in [0.29, 0.717) is 33.1 Å². The van der Waals surface area contributed by atoms with Crippen LogP contribution < -0.4 is 8.92 Å². The van der Waals surface area contributed by atoms with Gasteiger partial charge in [0.25, 0.3) is 0 Å². The molecule has 86 valence electrons. The Morgan fingerprint density at radius 3 is 1.41 bits per heavy atom. The summed E-state index contributed by atoms with van der Waals surface area (Å²) in [4.78, 5) is 0. The summed E-state index contributed by atoms with van der Waals surface area (Å²) in [6.45, 7) is 0. The molecule has 0 radical (unpaired) electrons. The van der Waals surface area contributed by atoms with Gasteiger partial charge in [-0.25, -0.2) is 0 Å². The first-order valence-corrected chi connectivity index (χ1v) is 9.27. The Balaban J connectivity index is 1.71. The molecule has 1 fully saturated rings. The molecule has 0 aliphatic heterocycles. The summed E-state index contributed by atoms with van der Waals surface area (Å²) in [5, 5.41) is 0. The van der Waals surface area contributed by atoms with Gasteiger partial charge in [0.2, 0.25) is 0 Å². The van der Waals surface area contributed by atoms with Crippen LogP contribution in [0.1, 0.15) is 12.8 Å². The molecule has 1 aliphatic carbocycles. The van der Waals surface area contributed by atoms with Crippen LogP contribution in [-0.4, -0.2) is 29.9 Å². The molecule has 0 unspecified atom stereocenters. The van der Waals surface area contributed by atoms with Crippen molar-refractivity contribution >= 4 is 38.8 Å². The van der Waals surface area contributed by atoms with Crippen LogP contribution in [-0.2, 0) is 0 Å². The van der Waals surface area contributed by atoms with Crippen LogP contribution in [0.2, 0.25) is 3.21 Å². The van der Waals surface area contributed by atoms with Crippen LogP contribution in [0.5, 0.6) is 0 Å². The summed E-state index contributed by atoms with van der Waals surface area (Å²) < 4.78 is 3.81. The summed E-state index contributed by atoms with van der Waals surface area (Å²) in [5.41, 5.74) is 0. The third-order valence-corrected chi connectivity index (χ3v) is 9.97. The van der Waals surface area contributed by atoms with Crippen molar-refractivity contribution in [1.29, 1.82) is 0 Å². The van der Waals surface area contributed by atoms with Gasteiger partial charge in [0.05, 0.1) is 0 Å². The van der Waals surface area contributed by atoms with Crippen molar-refractivity contribution in [2.24, 2.45) is 0 Å². The molecule has 0 bridgehead atoms.